The lowest BCUT2D eigenvalue weighted by Gasteiger charge is -2.28. The van der Waals surface area contributed by atoms with Crippen molar-refractivity contribution >= 4 is 5.97 Å². The second kappa shape index (κ2) is 6.97. The monoisotopic (exact) mass is 330 g/mol. The number of benzene rings is 1. The predicted octanol–water partition coefficient (Wildman–Crippen LogP) is 2.25. The topological polar surface area (TPSA) is 62.4 Å². The molecular formula is C18H19FN2O3. The lowest BCUT2D eigenvalue weighted by atomic mass is 10.0. The van der Waals surface area contributed by atoms with Crippen molar-refractivity contribution in [2.75, 3.05) is 13.2 Å². The first kappa shape index (κ1) is 16.4. The maximum Gasteiger partial charge on any atom is 0.343 e. The van der Waals surface area contributed by atoms with Crippen LogP contribution in [0.2, 0.25) is 0 Å². The van der Waals surface area contributed by atoms with Crippen LogP contribution in [0.4, 0.5) is 4.39 Å². The Hall–Kier alpha value is -2.47. The number of pyridine rings is 1. The number of hydrogen-bond donors (Lipinski definition) is 1. The van der Waals surface area contributed by atoms with Crippen LogP contribution in [0.5, 0.6) is 0 Å². The third-order valence-corrected chi connectivity index (χ3v) is 4.08. The van der Waals surface area contributed by atoms with Gasteiger partial charge in [0, 0.05) is 31.7 Å². The molecule has 0 spiro atoms. The van der Waals surface area contributed by atoms with Crippen LogP contribution in [0.15, 0.2) is 35.1 Å². The van der Waals surface area contributed by atoms with Crippen molar-refractivity contribution in [1.82, 2.24) is 9.88 Å². The summed E-state index contributed by atoms with van der Waals surface area (Å²) in [4.78, 5) is 28.8. The molecule has 24 heavy (non-hydrogen) atoms. The van der Waals surface area contributed by atoms with Crippen LogP contribution in [-0.2, 0) is 24.2 Å². The minimum atomic E-state index is -0.608. The number of rotatable bonds is 4. The van der Waals surface area contributed by atoms with E-state index in [2.05, 4.69) is 9.88 Å². The van der Waals surface area contributed by atoms with E-state index in [4.69, 9.17) is 4.74 Å². The molecule has 126 valence electrons. The molecule has 0 saturated heterocycles. The van der Waals surface area contributed by atoms with Crippen molar-refractivity contribution in [3.63, 3.8) is 0 Å². The SMILES string of the molecule is CCOC(=O)c1cc2c([nH]c1=O)CCN(Cc1cccc(F)c1)C2. The van der Waals surface area contributed by atoms with Gasteiger partial charge in [-0.25, -0.2) is 9.18 Å². The fourth-order valence-electron chi connectivity index (χ4n) is 2.95. The number of ether oxygens (including phenoxy) is 1. The van der Waals surface area contributed by atoms with Crippen LogP contribution in [-0.4, -0.2) is 29.0 Å². The summed E-state index contributed by atoms with van der Waals surface area (Å²) < 4.78 is 18.2. The van der Waals surface area contributed by atoms with Gasteiger partial charge < -0.3 is 9.72 Å². The fraction of sp³-hybridized carbons (Fsp3) is 0.333. The molecule has 2 heterocycles. The summed E-state index contributed by atoms with van der Waals surface area (Å²) in [5.41, 5.74) is 2.27. The van der Waals surface area contributed by atoms with E-state index >= 15 is 0 Å². The molecule has 3 rings (SSSR count). The van der Waals surface area contributed by atoms with E-state index in [-0.39, 0.29) is 18.0 Å². The Morgan fingerprint density at radius 1 is 1.38 bits per heavy atom. The number of carbonyl (C=O) groups excluding carboxylic acids is 1. The van der Waals surface area contributed by atoms with Gasteiger partial charge in [0.25, 0.3) is 5.56 Å². The summed E-state index contributed by atoms with van der Waals surface area (Å²) in [7, 11) is 0. The maximum atomic E-state index is 13.3. The molecule has 1 aliphatic rings. The van der Waals surface area contributed by atoms with Gasteiger partial charge in [0.05, 0.1) is 6.61 Å². The molecule has 0 atom stereocenters. The van der Waals surface area contributed by atoms with Crippen molar-refractivity contribution in [1.29, 1.82) is 0 Å². The van der Waals surface area contributed by atoms with Gasteiger partial charge in [0.15, 0.2) is 0 Å². The zero-order chi connectivity index (χ0) is 17.1. The van der Waals surface area contributed by atoms with Gasteiger partial charge in [-0.15, -0.1) is 0 Å². The summed E-state index contributed by atoms with van der Waals surface area (Å²) >= 11 is 0. The summed E-state index contributed by atoms with van der Waals surface area (Å²) in [6, 6.07) is 8.14. The highest BCUT2D eigenvalue weighted by Crippen LogP contribution is 2.19. The van der Waals surface area contributed by atoms with Crippen molar-refractivity contribution < 1.29 is 13.9 Å². The number of nitrogens with one attached hydrogen (secondary N) is 1. The molecule has 0 amide bonds. The van der Waals surface area contributed by atoms with Gasteiger partial charge in [-0.05, 0) is 36.2 Å². The van der Waals surface area contributed by atoms with Crippen LogP contribution >= 0.6 is 0 Å². The number of H-pyrrole nitrogens is 1. The van der Waals surface area contributed by atoms with Crippen LogP contribution in [0.25, 0.3) is 0 Å². The number of aromatic amines is 1. The molecular weight excluding hydrogens is 311 g/mol. The van der Waals surface area contributed by atoms with Crippen LogP contribution in [0, 0.1) is 5.82 Å². The van der Waals surface area contributed by atoms with Crippen molar-refractivity contribution in [2.45, 2.75) is 26.4 Å². The third-order valence-electron chi connectivity index (χ3n) is 4.08. The molecule has 6 heteroatoms. The van der Waals surface area contributed by atoms with Gasteiger partial charge in [-0.3, -0.25) is 9.69 Å². The summed E-state index contributed by atoms with van der Waals surface area (Å²) in [6.07, 6.45) is 0.684. The molecule has 2 aromatic rings. The smallest absolute Gasteiger partial charge is 0.343 e. The van der Waals surface area contributed by atoms with Crippen molar-refractivity contribution in [3.8, 4) is 0 Å². The second-order valence-electron chi connectivity index (χ2n) is 5.83. The highest BCUT2D eigenvalue weighted by atomic mass is 19.1. The predicted molar refractivity (Wildman–Crippen MR) is 87.2 cm³/mol. The standard InChI is InChI=1S/C18H19FN2O3/c1-2-24-18(23)15-9-13-11-21(7-6-16(13)20-17(15)22)10-12-4-3-5-14(19)8-12/h3-5,8-9H,2,6-7,10-11H2,1H3,(H,20,22). The van der Waals surface area contributed by atoms with Gasteiger partial charge >= 0.3 is 5.97 Å². The lowest BCUT2D eigenvalue weighted by Crippen LogP contribution is -2.33. The molecule has 1 aliphatic heterocycles. The van der Waals surface area contributed by atoms with Crippen molar-refractivity contribution in [2.24, 2.45) is 0 Å². The Kier molecular flexibility index (Phi) is 4.76. The molecule has 1 aromatic carbocycles. The molecule has 0 fully saturated rings. The molecule has 0 unspecified atom stereocenters. The first-order valence-electron chi connectivity index (χ1n) is 7.96. The van der Waals surface area contributed by atoms with Gasteiger partial charge in [0.1, 0.15) is 11.4 Å². The normalized spacial score (nSPS) is 14.2. The number of esters is 1. The zero-order valence-electron chi connectivity index (χ0n) is 13.5. The van der Waals surface area contributed by atoms with Gasteiger partial charge in [-0.1, -0.05) is 12.1 Å². The minimum absolute atomic E-state index is 0.0307. The summed E-state index contributed by atoms with van der Waals surface area (Å²) in [6.45, 7) is 3.89. The first-order valence-corrected chi connectivity index (χ1v) is 7.96. The molecule has 0 aliphatic carbocycles. The molecule has 0 bridgehead atoms. The zero-order valence-corrected chi connectivity index (χ0v) is 13.5. The molecule has 5 nitrogen and oxygen atoms in total. The van der Waals surface area contributed by atoms with Gasteiger partial charge in [-0.2, -0.15) is 0 Å². The van der Waals surface area contributed by atoms with E-state index in [0.29, 0.717) is 19.5 Å². The van der Waals surface area contributed by atoms with Crippen LogP contribution < -0.4 is 5.56 Å². The van der Waals surface area contributed by atoms with Crippen LogP contribution in [0.1, 0.15) is 34.1 Å². The number of nitrogens with zero attached hydrogens (tertiary/aromatic N) is 1. The Labute approximate surface area is 139 Å². The fourth-order valence-corrected chi connectivity index (χ4v) is 2.95. The summed E-state index contributed by atoms with van der Waals surface area (Å²) in [5.74, 6) is -0.859. The number of aromatic nitrogens is 1. The second-order valence-corrected chi connectivity index (χ2v) is 5.83. The van der Waals surface area contributed by atoms with E-state index < -0.39 is 11.5 Å². The maximum absolute atomic E-state index is 13.3. The Bertz CT molecular complexity index is 816. The largest absolute Gasteiger partial charge is 0.462 e. The van der Waals surface area contributed by atoms with Gasteiger partial charge in [0.2, 0.25) is 0 Å². The molecule has 0 saturated carbocycles. The number of fused-ring (bicyclic) bond motifs is 1. The first-order chi connectivity index (χ1) is 11.6. The average molecular weight is 330 g/mol. The number of carbonyl (C=O) groups is 1. The van der Waals surface area contributed by atoms with E-state index in [0.717, 1.165) is 23.4 Å². The minimum Gasteiger partial charge on any atom is -0.462 e. The van der Waals surface area contributed by atoms with E-state index in [1.165, 1.54) is 12.1 Å². The van der Waals surface area contributed by atoms with E-state index in [9.17, 15) is 14.0 Å². The van der Waals surface area contributed by atoms with Crippen LogP contribution in [0.3, 0.4) is 0 Å². The quantitative estimate of drug-likeness (QED) is 0.874. The molecule has 1 aromatic heterocycles. The average Bonchev–Trinajstić information content (AvgIpc) is 2.55. The highest BCUT2D eigenvalue weighted by molar-refractivity contribution is 5.89. The summed E-state index contributed by atoms with van der Waals surface area (Å²) in [5, 5.41) is 0. The molecule has 1 N–H and O–H groups in total. The Balaban J connectivity index is 1.80. The molecule has 0 radical (unpaired) electrons. The number of halogens is 1. The van der Waals surface area contributed by atoms with E-state index in [1.54, 1.807) is 19.1 Å². The highest BCUT2D eigenvalue weighted by Gasteiger charge is 2.21. The third kappa shape index (κ3) is 3.54. The number of hydrogen-bond acceptors (Lipinski definition) is 4. The van der Waals surface area contributed by atoms with E-state index in [1.807, 2.05) is 6.07 Å². The Morgan fingerprint density at radius 2 is 2.21 bits per heavy atom. The lowest BCUT2D eigenvalue weighted by molar-refractivity contribution is 0.0523. The Morgan fingerprint density at radius 3 is 2.96 bits per heavy atom. The van der Waals surface area contributed by atoms with Crippen molar-refractivity contribution in [3.05, 3.63) is 68.9 Å².